The molecule has 1 aliphatic heterocycles. The predicted molar refractivity (Wildman–Crippen MR) is 61.1 cm³/mol. The van der Waals surface area contributed by atoms with Gasteiger partial charge in [-0.05, 0) is 24.5 Å². The van der Waals surface area contributed by atoms with Gasteiger partial charge < -0.3 is 0 Å². The van der Waals surface area contributed by atoms with Crippen LogP contribution in [0.4, 0.5) is 0 Å². The largest absolute Gasteiger partial charge is 0.296 e. The van der Waals surface area contributed by atoms with E-state index in [2.05, 4.69) is 11.1 Å². The number of hydrogen-bond donors (Lipinski definition) is 1. The van der Waals surface area contributed by atoms with Crippen LogP contribution in [0, 0.1) is 23.7 Å². The topological polar surface area (TPSA) is 60.5 Å². The first-order valence-corrected chi connectivity index (χ1v) is 5.73. The number of nitrogens with zero attached hydrogens (tertiary/aromatic N) is 2. The average Bonchev–Trinajstić information content (AvgIpc) is 2.61. The lowest BCUT2D eigenvalue weighted by atomic mass is 9.81. The zero-order valence-corrected chi connectivity index (χ0v) is 9.27. The fraction of sp³-hybridized carbons (Fsp3) is 0.364. The van der Waals surface area contributed by atoms with E-state index in [0.717, 1.165) is 23.3 Å². The minimum Gasteiger partial charge on any atom is -0.296 e. The van der Waals surface area contributed by atoms with Gasteiger partial charge in [-0.3, -0.25) is 10.4 Å². The molecule has 1 aliphatic rings. The van der Waals surface area contributed by atoms with E-state index < -0.39 is 5.41 Å². The summed E-state index contributed by atoms with van der Waals surface area (Å²) in [6.45, 7) is 1.95. The molecule has 0 bridgehead atoms. The highest BCUT2D eigenvalue weighted by molar-refractivity contribution is 8.14. The first kappa shape index (κ1) is 10.2. The molecule has 1 aromatic rings. The Morgan fingerprint density at radius 2 is 2.40 bits per heavy atom. The summed E-state index contributed by atoms with van der Waals surface area (Å²) in [4.78, 5) is 4.10. The molecule has 0 aromatic carbocycles. The summed E-state index contributed by atoms with van der Waals surface area (Å²) in [5.74, 6) is 0.848. The fourth-order valence-corrected chi connectivity index (χ4v) is 2.90. The Morgan fingerprint density at radius 1 is 1.60 bits per heavy atom. The van der Waals surface area contributed by atoms with Crippen molar-refractivity contribution in [2.75, 3.05) is 5.75 Å². The van der Waals surface area contributed by atoms with E-state index in [1.54, 1.807) is 12.4 Å². The van der Waals surface area contributed by atoms with Gasteiger partial charge in [0.25, 0.3) is 0 Å². The summed E-state index contributed by atoms with van der Waals surface area (Å²) in [6.07, 6.45) is 4.19. The number of rotatable bonds is 1. The van der Waals surface area contributed by atoms with Crippen LogP contribution in [0.3, 0.4) is 0 Å². The molecular weight excluding hydrogens is 206 g/mol. The van der Waals surface area contributed by atoms with E-state index >= 15 is 0 Å². The van der Waals surface area contributed by atoms with Crippen LogP contribution in [0.2, 0.25) is 0 Å². The molecule has 1 aromatic heterocycles. The minimum atomic E-state index is -0.732. The summed E-state index contributed by atoms with van der Waals surface area (Å²) >= 11 is 1.46. The maximum atomic E-state index is 9.30. The number of hydrogen-bond acceptors (Lipinski definition) is 4. The second-order valence-corrected chi connectivity index (χ2v) is 4.80. The lowest BCUT2D eigenvalue weighted by Gasteiger charge is -2.19. The van der Waals surface area contributed by atoms with Gasteiger partial charge in [-0.1, -0.05) is 6.07 Å². The van der Waals surface area contributed by atoms with E-state index in [1.165, 1.54) is 11.8 Å². The molecule has 3 nitrogen and oxygen atoms in total. The number of aryl methyl sites for hydroxylation is 1. The van der Waals surface area contributed by atoms with Crippen LogP contribution in [0.5, 0.6) is 0 Å². The van der Waals surface area contributed by atoms with Gasteiger partial charge in [-0.15, -0.1) is 11.8 Å². The summed E-state index contributed by atoms with van der Waals surface area (Å²) in [6, 6.07) is 4.24. The SMILES string of the molecule is Cc1cncc(C2(C#N)CCSC2=N)c1. The zero-order valence-electron chi connectivity index (χ0n) is 8.45. The van der Waals surface area contributed by atoms with Crippen molar-refractivity contribution in [2.45, 2.75) is 18.8 Å². The smallest absolute Gasteiger partial charge is 0.132 e. The maximum absolute atomic E-state index is 9.30. The van der Waals surface area contributed by atoms with Crippen LogP contribution in [0.15, 0.2) is 18.5 Å². The average molecular weight is 217 g/mol. The number of nitriles is 1. The lowest BCUT2D eigenvalue weighted by Crippen LogP contribution is -2.27. The Hall–Kier alpha value is -1.34. The number of pyridine rings is 1. The molecule has 0 spiro atoms. The van der Waals surface area contributed by atoms with E-state index in [1.807, 2.05) is 13.0 Å². The van der Waals surface area contributed by atoms with Crippen LogP contribution >= 0.6 is 11.8 Å². The monoisotopic (exact) mass is 217 g/mol. The predicted octanol–water partition coefficient (Wildman–Crippen LogP) is 2.27. The molecule has 76 valence electrons. The van der Waals surface area contributed by atoms with Gasteiger partial charge in [-0.25, -0.2) is 0 Å². The summed E-state index contributed by atoms with van der Waals surface area (Å²) in [7, 11) is 0. The van der Waals surface area contributed by atoms with Crippen LogP contribution in [-0.4, -0.2) is 15.8 Å². The van der Waals surface area contributed by atoms with Crippen LogP contribution in [0.1, 0.15) is 17.5 Å². The van der Waals surface area contributed by atoms with Gasteiger partial charge in [0.2, 0.25) is 0 Å². The molecule has 1 fully saturated rings. The van der Waals surface area contributed by atoms with Crippen molar-refractivity contribution in [3.63, 3.8) is 0 Å². The Morgan fingerprint density at radius 3 is 2.93 bits per heavy atom. The standard InChI is InChI=1S/C11H11N3S/c1-8-4-9(6-14-5-8)11(7-12)2-3-15-10(11)13/h4-6,13H,2-3H2,1H3. The highest BCUT2D eigenvalue weighted by Gasteiger charge is 2.42. The quantitative estimate of drug-likeness (QED) is 0.785. The Balaban J connectivity index is 2.52. The number of nitrogens with one attached hydrogen (secondary N) is 1. The third kappa shape index (κ3) is 1.53. The zero-order chi connectivity index (χ0) is 10.9. The molecule has 0 radical (unpaired) electrons. The molecule has 1 atom stereocenters. The van der Waals surface area contributed by atoms with Crippen LogP contribution in [0.25, 0.3) is 0 Å². The van der Waals surface area contributed by atoms with Gasteiger partial charge in [0, 0.05) is 18.1 Å². The fourth-order valence-electron chi connectivity index (χ4n) is 1.78. The number of aromatic nitrogens is 1. The second kappa shape index (κ2) is 3.67. The molecular formula is C11H11N3S. The maximum Gasteiger partial charge on any atom is 0.132 e. The van der Waals surface area contributed by atoms with Crippen molar-refractivity contribution in [1.29, 1.82) is 10.7 Å². The molecule has 1 unspecified atom stereocenters. The van der Waals surface area contributed by atoms with Gasteiger partial charge in [0.15, 0.2) is 0 Å². The molecule has 0 saturated carbocycles. The van der Waals surface area contributed by atoms with Gasteiger partial charge in [0.1, 0.15) is 5.41 Å². The normalized spacial score (nSPS) is 25.2. The molecule has 1 saturated heterocycles. The Labute approximate surface area is 93.0 Å². The third-order valence-corrected chi connectivity index (χ3v) is 3.72. The van der Waals surface area contributed by atoms with Crippen LogP contribution in [-0.2, 0) is 5.41 Å². The molecule has 2 heterocycles. The van der Waals surface area contributed by atoms with Crippen molar-refractivity contribution >= 4 is 16.8 Å². The first-order valence-electron chi connectivity index (χ1n) is 4.74. The minimum absolute atomic E-state index is 0.456. The van der Waals surface area contributed by atoms with Crippen molar-refractivity contribution in [3.8, 4) is 6.07 Å². The highest BCUT2D eigenvalue weighted by atomic mass is 32.2. The van der Waals surface area contributed by atoms with Gasteiger partial charge >= 0.3 is 0 Å². The van der Waals surface area contributed by atoms with Crippen molar-refractivity contribution in [1.82, 2.24) is 4.98 Å². The lowest BCUT2D eigenvalue weighted by molar-refractivity contribution is 0.721. The Kier molecular flexibility index (Phi) is 2.49. The van der Waals surface area contributed by atoms with Crippen molar-refractivity contribution < 1.29 is 0 Å². The van der Waals surface area contributed by atoms with E-state index in [-0.39, 0.29) is 0 Å². The van der Waals surface area contributed by atoms with Crippen molar-refractivity contribution in [2.24, 2.45) is 0 Å². The van der Waals surface area contributed by atoms with E-state index in [0.29, 0.717) is 5.04 Å². The van der Waals surface area contributed by atoms with Crippen LogP contribution < -0.4 is 0 Å². The van der Waals surface area contributed by atoms with E-state index in [4.69, 9.17) is 5.41 Å². The molecule has 2 rings (SSSR count). The second-order valence-electron chi connectivity index (χ2n) is 3.70. The van der Waals surface area contributed by atoms with Gasteiger partial charge in [0.05, 0.1) is 11.1 Å². The van der Waals surface area contributed by atoms with E-state index in [9.17, 15) is 5.26 Å². The molecule has 0 amide bonds. The summed E-state index contributed by atoms with van der Waals surface area (Å²) < 4.78 is 0. The summed E-state index contributed by atoms with van der Waals surface area (Å²) in [5, 5.41) is 17.6. The van der Waals surface area contributed by atoms with Crippen molar-refractivity contribution in [3.05, 3.63) is 29.6 Å². The summed E-state index contributed by atoms with van der Waals surface area (Å²) in [5.41, 5.74) is 1.16. The number of thioether (sulfide) groups is 1. The molecule has 15 heavy (non-hydrogen) atoms. The first-order chi connectivity index (χ1) is 7.19. The third-order valence-electron chi connectivity index (χ3n) is 2.67. The Bertz CT molecular complexity index is 449. The molecule has 0 aliphatic carbocycles. The van der Waals surface area contributed by atoms with Gasteiger partial charge in [-0.2, -0.15) is 5.26 Å². The highest BCUT2D eigenvalue weighted by Crippen LogP contribution is 2.40. The molecule has 4 heteroatoms. The molecule has 1 N–H and O–H groups in total.